The molecule has 0 aliphatic carbocycles. The zero-order valence-corrected chi connectivity index (χ0v) is 11.5. The van der Waals surface area contributed by atoms with Crippen LogP contribution < -0.4 is 15.2 Å². The smallest absolute Gasteiger partial charge is 0.324 e. The Morgan fingerprint density at radius 3 is 2.63 bits per heavy atom. The molecule has 1 atom stereocenters. The van der Waals surface area contributed by atoms with Gasteiger partial charge in [0.05, 0.1) is 6.61 Å². The number of nitrogens with zero attached hydrogens (tertiary/aromatic N) is 4. The van der Waals surface area contributed by atoms with Gasteiger partial charge in [0.1, 0.15) is 6.61 Å². The highest BCUT2D eigenvalue weighted by Gasteiger charge is 2.20. The molecule has 19 heavy (non-hydrogen) atoms. The predicted octanol–water partition coefficient (Wildman–Crippen LogP) is 0.716. The summed E-state index contributed by atoms with van der Waals surface area (Å²) in [4.78, 5) is 14.2. The van der Waals surface area contributed by atoms with Gasteiger partial charge in [0.15, 0.2) is 0 Å². The molecule has 2 N–H and O–H groups in total. The van der Waals surface area contributed by atoms with E-state index in [1.54, 1.807) is 0 Å². The Morgan fingerprint density at radius 2 is 1.95 bits per heavy atom. The first-order valence-electron chi connectivity index (χ1n) is 6.66. The maximum absolute atomic E-state index is 5.62. The van der Waals surface area contributed by atoms with Crippen molar-refractivity contribution in [2.75, 3.05) is 32.5 Å². The van der Waals surface area contributed by atoms with Crippen molar-refractivity contribution >= 4 is 5.95 Å². The molecule has 7 heteroatoms. The van der Waals surface area contributed by atoms with Gasteiger partial charge in [-0.25, -0.2) is 0 Å². The molecule has 0 spiro atoms. The SMILES string of the molecule is CCOc1nc(N)nc(OCC2CCCCN2C)n1. The fourth-order valence-electron chi connectivity index (χ4n) is 2.14. The minimum Gasteiger partial charge on any atom is -0.464 e. The summed E-state index contributed by atoms with van der Waals surface area (Å²) in [5.74, 6) is 0.116. The van der Waals surface area contributed by atoms with E-state index in [2.05, 4.69) is 26.9 Å². The van der Waals surface area contributed by atoms with Crippen LogP contribution >= 0.6 is 0 Å². The minimum absolute atomic E-state index is 0.116. The van der Waals surface area contributed by atoms with Crippen LogP contribution in [-0.4, -0.2) is 52.7 Å². The molecule has 0 radical (unpaired) electrons. The van der Waals surface area contributed by atoms with Crippen molar-refractivity contribution in [2.24, 2.45) is 0 Å². The second-order valence-corrected chi connectivity index (χ2v) is 4.63. The maximum atomic E-state index is 5.62. The van der Waals surface area contributed by atoms with Crippen molar-refractivity contribution in [3.05, 3.63) is 0 Å². The van der Waals surface area contributed by atoms with E-state index in [0.717, 1.165) is 13.0 Å². The number of ether oxygens (including phenoxy) is 2. The van der Waals surface area contributed by atoms with Gasteiger partial charge >= 0.3 is 12.0 Å². The average molecular weight is 267 g/mol. The summed E-state index contributed by atoms with van der Waals surface area (Å²) < 4.78 is 10.8. The molecule has 0 amide bonds. The number of nitrogens with two attached hydrogens (primary N) is 1. The lowest BCUT2D eigenvalue weighted by Crippen LogP contribution is -2.40. The Kier molecular flexibility index (Phi) is 4.73. The highest BCUT2D eigenvalue weighted by molar-refractivity contribution is 5.20. The minimum atomic E-state index is 0.116. The van der Waals surface area contributed by atoms with Gasteiger partial charge in [-0.2, -0.15) is 9.97 Å². The first kappa shape index (κ1) is 13.8. The normalized spacial score (nSPS) is 20.2. The van der Waals surface area contributed by atoms with Crippen LogP contribution in [0.5, 0.6) is 12.0 Å². The van der Waals surface area contributed by atoms with E-state index < -0.39 is 0 Å². The maximum Gasteiger partial charge on any atom is 0.324 e. The molecule has 2 rings (SSSR count). The molecule has 0 saturated carbocycles. The van der Waals surface area contributed by atoms with Gasteiger partial charge in [-0.05, 0) is 33.4 Å². The molecule has 1 aromatic rings. The summed E-state index contributed by atoms with van der Waals surface area (Å²) in [6.07, 6.45) is 3.62. The summed E-state index contributed by atoms with van der Waals surface area (Å²) in [5, 5.41) is 0. The number of aromatic nitrogens is 3. The summed E-state index contributed by atoms with van der Waals surface area (Å²) in [6.45, 7) is 4.01. The van der Waals surface area contributed by atoms with Gasteiger partial charge in [-0.3, -0.25) is 0 Å². The van der Waals surface area contributed by atoms with Crippen LogP contribution in [0.3, 0.4) is 0 Å². The number of anilines is 1. The monoisotopic (exact) mass is 267 g/mol. The van der Waals surface area contributed by atoms with Crippen LogP contribution in [0.25, 0.3) is 0 Å². The molecule has 1 aliphatic rings. The van der Waals surface area contributed by atoms with Gasteiger partial charge in [0, 0.05) is 6.04 Å². The van der Waals surface area contributed by atoms with E-state index in [-0.39, 0.29) is 18.0 Å². The standard InChI is InChI=1S/C12H21N5O2/c1-3-18-11-14-10(13)15-12(16-11)19-8-9-6-4-5-7-17(9)2/h9H,3-8H2,1-2H3,(H2,13,14,15,16). The molecule has 1 aliphatic heterocycles. The molecule has 1 fully saturated rings. The molecule has 2 heterocycles. The van der Waals surface area contributed by atoms with Crippen LogP contribution in [0.15, 0.2) is 0 Å². The Bertz CT molecular complexity index is 415. The van der Waals surface area contributed by atoms with Crippen molar-refractivity contribution in [3.8, 4) is 12.0 Å². The van der Waals surface area contributed by atoms with Crippen molar-refractivity contribution in [1.82, 2.24) is 19.9 Å². The molecule has 106 valence electrons. The number of likely N-dealkylation sites (tertiary alicyclic amines) is 1. The van der Waals surface area contributed by atoms with E-state index in [1.807, 2.05) is 6.92 Å². The number of hydrogen-bond donors (Lipinski definition) is 1. The Balaban J connectivity index is 1.94. The average Bonchev–Trinajstić information content (AvgIpc) is 2.37. The van der Waals surface area contributed by atoms with E-state index in [1.165, 1.54) is 12.8 Å². The second kappa shape index (κ2) is 6.51. The zero-order chi connectivity index (χ0) is 13.7. The molecule has 7 nitrogen and oxygen atoms in total. The molecule has 0 bridgehead atoms. The van der Waals surface area contributed by atoms with Crippen molar-refractivity contribution in [3.63, 3.8) is 0 Å². The Labute approximate surface area is 113 Å². The number of nitrogen functional groups attached to an aromatic ring is 1. The number of rotatable bonds is 5. The third-order valence-electron chi connectivity index (χ3n) is 3.21. The molecular weight excluding hydrogens is 246 g/mol. The molecular formula is C12H21N5O2. The molecule has 1 unspecified atom stereocenters. The summed E-state index contributed by atoms with van der Waals surface area (Å²) >= 11 is 0. The quantitative estimate of drug-likeness (QED) is 0.841. The van der Waals surface area contributed by atoms with Crippen LogP contribution in [0, 0.1) is 0 Å². The van der Waals surface area contributed by atoms with E-state index in [4.69, 9.17) is 15.2 Å². The lowest BCUT2D eigenvalue weighted by molar-refractivity contribution is 0.119. The van der Waals surface area contributed by atoms with Crippen LogP contribution in [-0.2, 0) is 0 Å². The van der Waals surface area contributed by atoms with Crippen molar-refractivity contribution in [2.45, 2.75) is 32.2 Å². The molecule has 1 saturated heterocycles. The topological polar surface area (TPSA) is 86.4 Å². The summed E-state index contributed by atoms with van der Waals surface area (Å²) in [7, 11) is 2.11. The first-order chi connectivity index (χ1) is 9.19. The first-order valence-corrected chi connectivity index (χ1v) is 6.66. The number of likely N-dealkylation sites (N-methyl/N-ethyl adjacent to an activating group) is 1. The van der Waals surface area contributed by atoms with Gasteiger partial charge in [-0.1, -0.05) is 6.42 Å². The third-order valence-corrected chi connectivity index (χ3v) is 3.21. The lowest BCUT2D eigenvalue weighted by atomic mass is 10.0. The van der Waals surface area contributed by atoms with Crippen LogP contribution in [0.4, 0.5) is 5.95 Å². The second-order valence-electron chi connectivity index (χ2n) is 4.63. The lowest BCUT2D eigenvalue weighted by Gasteiger charge is -2.31. The van der Waals surface area contributed by atoms with Crippen LogP contribution in [0.2, 0.25) is 0 Å². The van der Waals surface area contributed by atoms with Gasteiger partial charge in [0.2, 0.25) is 5.95 Å². The fourth-order valence-corrected chi connectivity index (χ4v) is 2.14. The van der Waals surface area contributed by atoms with Crippen molar-refractivity contribution in [1.29, 1.82) is 0 Å². The number of piperidine rings is 1. The van der Waals surface area contributed by atoms with E-state index >= 15 is 0 Å². The van der Waals surface area contributed by atoms with E-state index in [0.29, 0.717) is 19.3 Å². The highest BCUT2D eigenvalue weighted by atomic mass is 16.5. The Hall–Kier alpha value is -1.63. The fraction of sp³-hybridized carbons (Fsp3) is 0.750. The van der Waals surface area contributed by atoms with Gasteiger partial charge in [-0.15, -0.1) is 4.98 Å². The largest absolute Gasteiger partial charge is 0.464 e. The van der Waals surface area contributed by atoms with Crippen LogP contribution in [0.1, 0.15) is 26.2 Å². The van der Waals surface area contributed by atoms with Gasteiger partial charge < -0.3 is 20.1 Å². The van der Waals surface area contributed by atoms with E-state index in [9.17, 15) is 0 Å². The molecule has 1 aromatic heterocycles. The molecule has 0 aromatic carbocycles. The highest BCUT2D eigenvalue weighted by Crippen LogP contribution is 2.17. The van der Waals surface area contributed by atoms with Crippen molar-refractivity contribution < 1.29 is 9.47 Å². The summed E-state index contributed by atoms with van der Waals surface area (Å²) in [6, 6.07) is 0.846. The number of hydrogen-bond acceptors (Lipinski definition) is 7. The zero-order valence-electron chi connectivity index (χ0n) is 11.5. The van der Waals surface area contributed by atoms with Gasteiger partial charge in [0.25, 0.3) is 0 Å². The summed E-state index contributed by atoms with van der Waals surface area (Å²) in [5.41, 5.74) is 5.59. The predicted molar refractivity (Wildman–Crippen MR) is 71.2 cm³/mol. The third kappa shape index (κ3) is 3.92. The Morgan fingerprint density at radius 1 is 1.21 bits per heavy atom.